The Bertz CT molecular complexity index is 661. The topological polar surface area (TPSA) is 76.1 Å². The lowest BCUT2D eigenvalue weighted by Crippen LogP contribution is -2.06. The Morgan fingerprint density at radius 3 is 2.84 bits per heavy atom. The maximum absolute atomic E-state index is 13.5. The summed E-state index contributed by atoms with van der Waals surface area (Å²) in [4.78, 5) is 12.0. The van der Waals surface area contributed by atoms with Crippen LogP contribution in [0.4, 0.5) is 10.1 Å². The Morgan fingerprint density at radius 1 is 1.47 bits per heavy atom. The van der Waals surface area contributed by atoms with Gasteiger partial charge < -0.3 is 10.5 Å². The number of thiophene rings is 1. The lowest BCUT2D eigenvalue weighted by atomic mass is 10.1. The van der Waals surface area contributed by atoms with Crippen LogP contribution in [0.2, 0.25) is 0 Å². The molecule has 0 aliphatic heterocycles. The minimum atomic E-state index is -0.587. The van der Waals surface area contributed by atoms with Crippen molar-refractivity contribution >= 4 is 23.0 Å². The molecule has 0 fully saturated rings. The summed E-state index contributed by atoms with van der Waals surface area (Å²) >= 11 is 1.17. The van der Waals surface area contributed by atoms with Crippen molar-refractivity contribution < 1.29 is 13.9 Å². The number of hydrogen-bond donors (Lipinski definition) is 1. The van der Waals surface area contributed by atoms with Gasteiger partial charge in [-0.2, -0.15) is 5.26 Å². The fourth-order valence-corrected chi connectivity index (χ4v) is 2.14. The van der Waals surface area contributed by atoms with Crippen molar-refractivity contribution in [1.82, 2.24) is 0 Å². The van der Waals surface area contributed by atoms with Crippen LogP contribution in [0.3, 0.4) is 0 Å². The molecule has 19 heavy (non-hydrogen) atoms. The molecule has 4 nitrogen and oxygen atoms in total. The molecule has 0 spiro atoms. The number of nitrogens with zero attached hydrogens (tertiary/aromatic N) is 1. The summed E-state index contributed by atoms with van der Waals surface area (Å²) in [6.07, 6.45) is 0. The highest BCUT2D eigenvalue weighted by molar-refractivity contribution is 7.12. The zero-order valence-corrected chi connectivity index (χ0v) is 10.5. The number of anilines is 1. The van der Waals surface area contributed by atoms with E-state index < -0.39 is 11.8 Å². The number of carbonyl (C=O) groups excluding carboxylic acids is 1. The minimum Gasteiger partial charge on any atom is -0.456 e. The first-order chi connectivity index (χ1) is 9.11. The Labute approximate surface area is 112 Å². The quantitative estimate of drug-likeness (QED) is 0.874. The van der Waals surface area contributed by atoms with Crippen LogP contribution in [0.5, 0.6) is 0 Å². The second-order valence-corrected chi connectivity index (χ2v) is 4.62. The van der Waals surface area contributed by atoms with Gasteiger partial charge in [0.25, 0.3) is 0 Å². The van der Waals surface area contributed by atoms with Crippen LogP contribution in [0.25, 0.3) is 0 Å². The van der Waals surface area contributed by atoms with E-state index in [-0.39, 0.29) is 17.7 Å². The van der Waals surface area contributed by atoms with Gasteiger partial charge in [-0.15, -0.1) is 11.3 Å². The molecule has 0 saturated heterocycles. The maximum Gasteiger partial charge on any atom is 0.350 e. The van der Waals surface area contributed by atoms with Gasteiger partial charge in [-0.25, -0.2) is 9.18 Å². The van der Waals surface area contributed by atoms with Gasteiger partial charge in [0.15, 0.2) is 0 Å². The van der Waals surface area contributed by atoms with Crippen molar-refractivity contribution in [3.05, 3.63) is 51.5 Å². The molecule has 0 saturated carbocycles. The SMILES string of the molecule is N#Cc1ccc(COC(=O)c2sccc2N)c(F)c1. The molecular formula is C13H9FN2O2S. The fraction of sp³-hybridized carbons (Fsp3) is 0.0769. The number of nitriles is 1. The van der Waals surface area contributed by atoms with Gasteiger partial charge in [-0.1, -0.05) is 6.07 Å². The summed E-state index contributed by atoms with van der Waals surface area (Å²) in [5.41, 5.74) is 6.35. The van der Waals surface area contributed by atoms with Crippen LogP contribution in [0.1, 0.15) is 20.8 Å². The van der Waals surface area contributed by atoms with Crippen molar-refractivity contribution in [3.63, 3.8) is 0 Å². The molecule has 0 amide bonds. The number of carbonyl (C=O) groups is 1. The van der Waals surface area contributed by atoms with Crippen molar-refractivity contribution in [2.75, 3.05) is 5.73 Å². The molecule has 0 aliphatic carbocycles. The Kier molecular flexibility index (Phi) is 3.78. The molecule has 2 N–H and O–H groups in total. The standard InChI is InChI=1S/C13H9FN2O2S/c14-10-5-8(6-15)1-2-9(10)7-18-13(17)12-11(16)3-4-19-12/h1-5H,7,16H2. The van der Waals surface area contributed by atoms with E-state index in [0.29, 0.717) is 10.6 Å². The number of hydrogen-bond acceptors (Lipinski definition) is 5. The third kappa shape index (κ3) is 2.89. The smallest absolute Gasteiger partial charge is 0.350 e. The van der Waals surface area contributed by atoms with Gasteiger partial charge in [0, 0.05) is 5.56 Å². The predicted molar refractivity (Wildman–Crippen MR) is 69.0 cm³/mol. The molecule has 1 aromatic heterocycles. The van der Waals surface area contributed by atoms with E-state index in [9.17, 15) is 9.18 Å². The van der Waals surface area contributed by atoms with Crippen LogP contribution in [-0.4, -0.2) is 5.97 Å². The van der Waals surface area contributed by atoms with Crippen molar-refractivity contribution in [2.45, 2.75) is 6.61 Å². The average Bonchev–Trinajstić information content (AvgIpc) is 2.83. The van der Waals surface area contributed by atoms with Gasteiger partial charge in [-0.05, 0) is 23.6 Å². The highest BCUT2D eigenvalue weighted by atomic mass is 32.1. The number of halogens is 1. The van der Waals surface area contributed by atoms with Crippen LogP contribution < -0.4 is 5.73 Å². The molecule has 2 rings (SSSR count). The number of ether oxygens (including phenoxy) is 1. The number of nitrogens with two attached hydrogens (primary N) is 1. The van der Waals surface area contributed by atoms with Gasteiger partial charge in [0.05, 0.1) is 17.3 Å². The molecule has 0 aliphatic rings. The number of rotatable bonds is 3. The van der Waals surface area contributed by atoms with E-state index >= 15 is 0 Å². The van der Waals surface area contributed by atoms with Crippen LogP contribution in [0, 0.1) is 17.1 Å². The molecule has 0 atom stereocenters. The third-order valence-electron chi connectivity index (χ3n) is 2.42. The molecule has 96 valence electrons. The Balaban J connectivity index is 2.06. The monoisotopic (exact) mass is 276 g/mol. The van der Waals surface area contributed by atoms with E-state index in [2.05, 4.69) is 0 Å². The Morgan fingerprint density at radius 2 is 2.26 bits per heavy atom. The first kappa shape index (κ1) is 13.1. The van der Waals surface area contributed by atoms with Crippen LogP contribution in [0.15, 0.2) is 29.6 Å². The summed E-state index contributed by atoms with van der Waals surface area (Å²) < 4.78 is 18.5. The maximum atomic E-state index is 13.5. The Hall–Kier alpha value is -2.39. The third-order valence-corrected chi connectivity index (χ3v) is 3.33. The molecular weight excluding hydrogens is 267 g/mol. The average molecular weight is 276 g/mol. The lowest BCUT2D eigenvalue weighted by molar-refractivity contribution is 0.0476. The largest absolute Gasteiger partial charge is 0.456 e. The minimum absolute atomic E-state index is 0.201. The van der Waals surface area contributed by atoms with Crippen LogP contribution in [-0.2, 0) is 11.3 Å². The van der Waals surface area contributed by atoms with Crippen LogP contribution >= 0.6 is 11.3 Å². The molecule has 0 unspecified atom stereocenters. The summed E-state index contributed by atoms with van der Waals surface area (Å²) in [5, 5.41) is 10.3. The van der Waals surface area contributed by atoms with E-state index in [1.54, 1.807) is 11.4 Å². The molecule has 0 radical (unpaired) electrons. The van der Waals surface area contributed by atoms with E-state index in [0.717, 1.165) is 6.07 Å². The summed E-state index contributed by atoms with van der Waals surface area (Å²) in [6, 6.07) is 7.41. The van der Waals surface area contributed by atoms with Crippen molar-refractivity contribution in [2.24, 2.45) is 0 Å². The summed E-state index contributed by atoms with van der Waals surface area (Å²) in [5.74, 6) is -1.16. The molecule has 0 bridgehead atoms. The highest BCUT2D eigenvalue weighted by Gasteiger charge is 2.14. The zero-order valence-electron chi connectivity index (χ0n) is 9.72. The predicted octanol–water partition coefficient (Wildman–Crippen LogP) is 2.70. The van der Waals surface area contributed by atoms with Gasteiger partial charge in [0.2, 0.25) is 0 Å². The summed E-state index contributed by atoms with van der Waals surface area (Å²) in [7, 11) is 0. The second kappa shape index (κ2) is 5.50. The highest BCUT2D eigenvalue weighted by Crippen LogP contribution is 2.20. The van der Waals surface area contributed by atoms with Crippen molar-refractivity contribution in [3.8, 4) is 6.07 Å². The fourth-order valence-electron chi connectivity index (χ4n) is 1.43. The first-order valence-electron chi connectivity index (χ1n) is 5.30. The van der Waals surface area contributed by atoms with Crippen molar-refractivity contribution in [1.29, 1.82) is 5.26 Å². The second-order valence-electron chi connectivity index (χ2n) is 3.70. The molecule has 2 aromatic rings. The van der Waals surface area contributed by atoms with E-state index in [4.69, 9.17) is 15.7 Å². The van der Waals surface area contributed by atoms with E-state index in [1.165, 1.54) is 23.5 Å². The number of esters is 1. The molecule has 1 aromatic carbocycles. The number of nitrogen functional groups attached to an aromatic ring is 1. The lowest BCUT2D eigenvalue weighted by Gasteiger charge is -2.05. The van der Waals surface area contributed by atoms with E-state index in [1.807, 2.05) is 6.07 Å². The first-order valence-corrected chi connectivity index (χ1v) is 6.18. The zero-order chi connectivity index (χ0) is 13.8. The molecule has 1 heterocycles. The molecule has 6 heteroatoms. The van der Waals surface area contributed by atoms with Gasteiger partial charge in [-0.3, -0.25) is 0 Å². The summed E-state index contributed by atoms with van der Waals surface area (Å²) in [6.45, 7) is -0.201. The number of benzene rings is 1. The normalized spacial score (nSPS) is 9.89. The van der Waals surface area contributed by atoms with Gasteiger partial charge in [0.1, 0.15) is 17.3 Å². The van der Waals surface area contributed by atoms with Gasteiger partial charge >= 0.3 is 5.97 Å².